The lowest BCUT2D eigenvalue weighted by atomic mass is 9.95. The van der Waals surface area contributed by atoms with Crippen LogP contribution in [0.25, 0.3) is 0 Å². The van der Waals surface area contributed by atoms with Crippen molar-refractivity contribution in [3.05, 3.63) is 59.8 Å². The molecule has 2 nitrogen and oxygen atoms in total. The van der Waals surface area contributed by atoms with Crippen LogP contribution in [0.15, 0.2) is 47.1 Å². The van der Waals surface area contributed by atoms with E-state index in [1.54, 1.807) is 18.4 Å². The molecule has 0 aliphatic heterocycles. The Morgan fingerprint density at radius 2 is 2.11 bits per heavy atom. The minimum absolute atomic E-state index is 0.172. The molecule has 0 spiro atoms. The molecular weight excluding hydrogens is 229 g/mol. The number of benzene rings is 1. The predicted octanol–water partition coefficient (Wildman–Crippen LogP) is 3.04. The fourth-order valence-electron chi connectivity index (χ4n) is 2.22. The van der Waals surface area contributed by atoms with Crippen LogP contribution in [0.3, 0.4) is 0 Å². The molecule has 1 aromatic heterocycles. The normalized spacial score (nSPS) is 12.6. The van der Waals surface area contributed by atoms with Crippen LogP contribution in [0, 0.1) is 11.7 Å². The van der Waals surface area contributed by atoms with Crippen LogP contribution in [0.5, 0.6) is 0 Å². The fraction of sp³-hybridized carbons (Fsp3) is 0.333. The Labute approximate surface area is 107 Å². The highest BCUT2D eigenvalue weighted by Gasteiger charge is 2.12. The number of nitrogens with one attached hydrogen (secondary N) is 1. The Bertz CT molecular complexity index is 467. The first-order valence-corrected chi connectivity index (χ1v) is 6.19. The Kier molecular flexibility index (Phi) is 4.53. The van der Waals surface area contributed by atoms with Gasteiger partial charge in [0.25, 0.3) is 0 Å². The van der Waals surface area contributed by atoms with Crippen LogP contribution in [0.2, 0.25) is 0 Å². The summed E-state index contributed by atoms with van der Waals surface area (Å²) in [5.74, 6) is 1.21. The van der Waals surface area contributed by atoms with Gasteiger partial charge in [-0.15, -0.1) is 0 Å². The van der Waals surface area contributed by atoms with Crippen molar-refractivity contribution in [1.29, 1.82) is 0 Å². The van der Waals surface area contributed by atoms with Crippen molar-refractivity contribution in [2.24, 2.45) is 5.92 Å². The first-order chi connectivity index (χ1) is 8.78. The van der Waals surface area contributed by atoms with E-state index >= 15 is 0 Å². The number of hydrogen-bond acceptors (Lipinski definition) is 2. The second-order valence-electron chi connectivity index (χ2n) is 4.54. The number of furan rings is 1. The average Bonchev–Trinajstić information content (AvgIpc) is 2.82. The lowest BCUT2D eigenvalue weighted by molar-refractivity contribution is 0.424. The molecule has 2 rings (SSSR count). The maximum atomic E-state index is 13.1. The summed E-state index contributed by atoms with van der Waals surface area (Å²) in [4.78, 5) is 0. The van der Waals surface area contributed by atoms with Gasteiger partial charge in [-0.05, 0) is 55.8 Å². The van der Waals surface area contributed by atoms with Gasteiger partial charge >= 0.3 is 0 Å². The second-order valence-corrected chi connectivity index (χ2v) is 4.54. The van der Waals surface area contributed by atoms with Crippen LogP contribution in [-0.2, 0) is 12.8 Å². The number of halogens is 1. The highest BCUT2D eigenvalue weighted by molar-refractivity contribution is 5.17. The van der Waals surface area contributed by atoms with E-state index in [0.29, 0.717) is 5.92 Å². The van der Waals surface area contributed by atoms with Gasteiger partial charge in [0.05, 0.1) is 6.26 Å². The Hall–Kier alpha value is -1.61. The quantitative estimate of drug-likeness (QED) is 0.848. The van der Waals surface area contributed by atoms with Gasteiger partial charge in [-0.25, -0.2) is 4.39 Å². The topological polar surface area (TPSA) is 25.2 Å². The fourth-order valence-corrected chi connectivity index (χ4v) is 2.22. The summed E-state index contributed by atoms with van der Waals surface area (Å²) < 4.78 is 18.5. The zero-order valence-electron chi connectivity index (χ0n) is 10.5. The van der Waals surface area contributed by atoms with Crippen LogP contribution in [0.4, 0.5) is 4.39 Å². The van der Waals surface area contributed by atoms with Crippen molar-refractivity contribution in [2.45, 2.75) is 12.8 Å². The second kappa shape index (κ2) is 6.36. The summed E-state index contributed by atoms with van der Waals surface area (Å²) in [6.07, 6.45) is 3.40. The van der Waals surface area contributed by atoms with E-state index in [9.17, 15) is 4.39 Å². The molecule has 2 aromatic rings. The molecule has 1 unspecified atom stereocenters. The molecule has 0 saturated heterocycles. The molecule has 1 heterocycles. The molecule has 3 heteroatoms. The Morgan fingerprint density at radius 1 is 1.22 bits per heavy atom. The summed E-state index contributed by atoms with van der Waals surface area (Å²) >= 11 is 0. The van der Waals surface area contributed by atoms with E-state index in [0.717, 1.165) is 30.7 Å². The maximum absolute atomic E-state index is 13.1. The molecule has 1 atom stereocenters. The van der Waals surface area contributed by atoms with Gasteiger partial charge in [0.15, 0.2) is 0 Å². The van der Waals surface area contributed by atoms with Crippen LogP contribution >= 0.6 is 0 Å². The molecular formula is C15H18FNO. The molecule has 0 radical (unpaired) electrons. The first kappa shape index (κ1) is 12.8. The molecule has 0 fully saturated rings. The highest BCUT2D eigenvalue weighted by Crippen LogP contribution is 2.15. The minimum atomic E-state index is -0.172. The van der Waals surface area contributed by atoms with E-state index in [-0.39, 0.29) is 5.82 Å². The smallest absolute Gasteiger partial charge is 0.123 e. The Morgan fingerprint density at radius 3 is 2.78 bits per heavy atom. The third-order valence-electron chi connectivity index (χ3n) is 2.98. The highest BCUT2D eigenvalue weighted by atomic mass is 19.1. The van der Waals surface area contributed by atoms with Gasteiger partial charge in [-0.3, -0.25) is 0 Å². The third-order valence-corrected chi connectivity index (χ3v) is 2.98. The molecule has 0 saturated carbocycles. The zero-order chi connectivity index (χ0) is 12.8. The van der Waals surface area contributed by atoms with Crippen molar-refractivity contribution < 1.29 is 8.81 Å². The van der Waals surface area contributed by atoms with Crippen molar-refractivity contribution in [2.75, 3.05) is 13.6 Å². The van der Waals surface area contributed by atoms with Gasteiger partial charge in [-0.1, -0.05) is 12.1 Å². The van der Waals surface area contributed by atoms with Crippen molar-refractivity contribution in [3.8, 4) is 0 Å². The molecule has 18 heavy (non-hydrogen) atoms. The van der Waals surface area contributed by atoms with Crippen molar-refractivity contribution >= 4 is 0 Å². The van der Waals surface area contributed by atoms with Crippen LogP contribution < -0.4 is 5.32 Å². The standard InChI is InChI=1S/C15H18FNO/c1-17-11-13(10-15-6-3-7-18-15)8-12-4-2-5-14(16)9-12/h2-7,9,13,17H,8,10-11H2,1H3. The minimum Gasteiger partial charge on any atom is -0.469 e. The first-order valence-electron chi connectivity index (χ1n) is 6.19. The Balaban J connectivity index is 2.01. The molecule has 1 aromatic carbocycles. The number of rotatable bonds is 6. The molecule has 96 valence electrons. The molecule has 0 amide bonds. The number of hydrogen-bond donors (Lipinski definition) is 1. The largest absolute Gasteiger partial charge is 0.469 e. The van der Waals surface area contributed by atoms with Gasteiger partial charge in [0.2, 0.25) is 0 Å². The van der Waals surface area contributed by atoms with E-state index < -0.39 is 0 Å². The molecule has 0 aliphatic rings. The van der Waals surface area contributed by atoms with Gasteiger partial charge in [-0.2, -0.15) is 0 Å². The third kappa shape index (κ3) is 3.70. The van der Waals surface area contributed by atoms with E-state index in [2.05, 4.69) is 5.32 Å². The van der Waals surface area contributed by atoms with Crippen molar-refractivity contribution in [1.82, 2.24) is 5.32 Å². The summed E-state index contributed by atoms with van der Waals surface area (Å²) in [5, 5.41) is 3.18. The molecule has 0 aliphatic carbocycles. The summed E-state index contributed by atoms with van der Waals surface area (Å²) in [6.45, 7) is 0.886. The van der Waals surface area contributed by atoms with Crippen LogP contribution in [0.1, 0.15) is 11.3 Å². The molecule has 0 bridgehead atoms. The van der Waals surface area contributed by atoms with Gasteiger partial charge < -0.3 is 9.73 Å². The lowest BCUT2D eigenvalue weighted by Crippen LogP contribution is -2.22. The average molecular weight is 247 g/mol. The summed E-state index contributed by atoms with van der Waals surface area (Å²) in [7, 11) is 1.93. The van der Waals surface area contributed by atoms with E-state index in [1.807, 2.05) is 25.2 Å². The van der Waals surface area contributed by atoms with Crippen LogP contribution in [-0.4, -0.2) is 13.6 Å². The SMILES string of the molecule is CNCC(Cc1cccc(F)c1)Cc1ccco1. The van der Waals surface area contributed by atoms with Gasteiger partial charge in [0, 0.05) is 6.42 Å². The predicted molar refractivity (Wildman–Crippen MR) is 69.9 cm³/mol. The molecule has 1 N–H and O–H groups in total. The monoisotopic (exact) mass is 247 g/mol. The maximum Gasteiger partial charge on any atom is 0.123 e. The summed E-state index contributed by atoms with van der Waals surface area (Å²) in [5.41, 5.74) is 1.03. The van der Waals surface area contributed by atoms with E-state index in [4.69, 9.17) is 4.42 Å². The summed E-state index contributed by atoms with van der Waals surface area (Å²) in [6, 6.07) is 10.7. The zero-order valence-corrected chi connectivity index (χ0v) is 10.5. The lowest BCUT2D eigenvalue weighted by Gasteiger charge is -2.15. The van der Waals surface area contributed by atoms with E-state index in [1.165, 1.54) is 6.07 Å². The van der Waals surface area contributed by atoms with Gasteiger partial charge in [0.1, 0.15) is 11.6 Å². The van der Waals surface area contributed by atoms with Crippen molar-refractivity contribution in [3.63, 3.8) is 0 Å².